The Bertz CT molecular complexity index is 848. The number of hydrogen-bond acceptors (Lipinski definition) is 4. The van der Waals surface area contributed by atoms with Gasteiger partial charge in [-0.05, 0) is 43.7 Å². The van der Waals surface area contributed by atoms with Crippen molar-refractivity contribution in [3.63, 3.8) is 0 Å². The number of aromatic nitrogens is 2. The number of nitrogens with zero attached hydrogens (tertiary/aromatic N) is 2. The van der Waals surface area contributed by atoms with Gasteiger partial charge in [0.15, 0.2) is 0 Å². The van der Waals surface area contributed by atoms with Crippen LogP contribution in [0.5, 0.6) is 11.6 Å². The molecule has 3 aromatic rings. The Kier molecular flexibility index (Phi) is 5.04. The molecule has 1 aromatic heterocycles. The van der Waals surface area contributed by atoms with E-state index >= 15 is 0 Å². The second-order valence-corrected chi connectivity index (χ2v) is 5.75. The molecule has 0 saturated heterocycles. The molecule has 0 aliphatic heterocycles. The predicted molar refractivity (Wildman–Crippen MR) is 95.6 cm³/mol. The normalized spacial score (nSPS) is 11.6. The van der Waals surface area contributed by atoms with E-state index < -0.39 is 0 Å². The van der Waals surface area contributed by atoms with Crippen molar-refractivity contribution >= 4 is 5.91 Å². The van der Waals surface area contributed by atoms with Crippen molar-refractivity contribution in [3.8, 4) is 11.6 Å². The maximum Gasteiger partial charge on any atom is 0.251 e. The van der Waals surface area contributed by atoms with Crippen molar-refractivity contribution < 1.29 is 9.53 Å². The molecule has 25 heavy (non-hydrogen) atoms. The van der Waals surface area contributed by atoms with Gasteiger partial charge >= 0.3 is 0 Å². The van der Waals surface area contributed by atoms with Crippen LogP contribution in [0, 0.1) is 6.92 Å². The molecule has 2 aromatic carbocycles. The highest BCUT2D eigenvalue weighted by Gasteiger charge is 2.12. The van der Waals surface area contributed by atoms with Crippen LogP contribution in [0.15, 0.2) is 66.7 Å². The van der Waals surface area contributed by atoms with Gasteiger partial charge < -0.3 is 10.1 Å². The number of rotatable bonds is 5. The molecular weight excluding hydrogens is 314 g/mol. The second kappa shape index (κ2) is 7.57. The molecule has 1 N–H and O–H groups in total. The molecule has 1 atom stereocenters. The Balaban J connectivity index is 1.70. The molecule has 3 rings (SSSR count). The quantitative estimate of drug-likeness (QED) is 0.764. The molecule has 0 bridgehead atoms. The highest BCUT2D eigenvalue weighted by Crippen LogP contribution is 2.20. The summed E-state index contributed by atoms with van der Waals surface area (Å²) >= 11 is 0. The van der Waals surface area contributed by atoms with E-state index in [0.717, 1.165) is 11.3 Å². The topological polar surface area (TPSA) is 64.1 Å². The van der Waals surface area contributed by atoms with Crippen molar-refractivity contribution in [1.82, 2.24) is 15.5 Å². The lowest BCUT2D eigenvalue weighted by molar-refractivity contribution is 0.0939. The Hall–Kier alpha value is -3.21. The van der Waals surface area contributed by atoms with Crippen LogP contribution in [0.25, 0.3) is 0 Å². The van der Waals surface area contributed by atoms with Gasteiger partial charge in [-0.1, -0.05) is 36.4 Å². The summed E-state index contributed by atoms with van der Waals surface area (Å²) in [7, 11) is 0. The molecule has 1 heterocycles. The van der Waals surface area contributed by atoms with Crippen molar-refractivity contribution in [2.24, 2.45) is 0 Å². The predicted octanol–water partition coefficient (Wildman–Crippen LogP) is 4.07. The fourth-order valence-electron chi connectivity index (χ4n) is 2.37. The maximum atomic E-state index is 12.5. The van der Waals surface area contributed by atoms with Crippen LogP contribution in [0.2, 0.25) is 0 Å². The van der Waals surface area contributed by atoms with Crippen molar-refractivity contribution in [2.45, 2.75) is 19.9 Å². The first-order valence-corrected chi connectivity index (χ1v) is 8.06. The number of nitrogens with one attached hydrogen (secondary N) is 1. The minimum Gasteiger partial charge on any atom is -0.438 e. The van der Waals surface area contributed by atoms with Crippen molar-refractivity contribution in [2.75, 3.05) is 0 Å². The standard InChI is InChI=1S/C20H19N3O2/c1-14-11-12-19(23-22-14)25-18-10-6-9-17(13-18)20(24)21-15(2)16-7-4-3-5-8-16/h3-13,15H,1-2H3,(H,21,24)/t15-/m0/s1. The van der Waals surface area contributed by atoms with Gasteiger partial charge in [-0.25, -0.2) is 0 Å². The van der Waals surface area contributed by atoms with Crippen LogP contribution in [0.3, 0.4) is 0 Å². The van der Waals surface area contributed by atoms with E-state index in [9.17, 15) is 4.79 Å². The summed E-state index contributed by atoms with van der Waals surface area (Å²) in [5.41, 5.74) is 2.40. The molecule has 0 aliphatic carbocycles. The van der Waals surface area contributed by atoms with Gasteiger partial charge in [0.05, 0.1) is 11.7 Å². The van der Waals surface area contributed by atoms with E-state index in [4.69, 9.17) is 4.74 Å². The average molecular weight is 333 g/mol. The molecular formula is C20H19N3O2. The number of benzene rings is 2. The lowest BCUT2D eigenvalue weighted by atomic mass is 10.1. The van der Waals surface area contributed by atoms with Gasteiger partial charge in [-0.15, -0.1) is 5.10 Å². The Labute approximate surface area is 146 Å². The van der Waals surface area contributed by atoms with Crippen LogP contribution >= 0.6 is 0 Å². The monoisotopic (exact) mass is 333 g/mol. The highest BCUT2D eigenvalue weighted by molar-refractivity contribution is 5.94. The van der Waals surface area contributed by atoms with Gasteiger partial charge in [-0.2, -0.15) is 5.10 Å². The fourth-order valence-corrected chi connectivity index (χ4v) is 2.37. The first-order valence-electron chi connectivity index (χ1n) is 8.06. The number of aryl methyl sites for hydroxylation is 1. The van der Waals surface area contributed by atoms with Crippen LogP contribution in [-0.2, 0) is 0 Å². The number of carbonyl (C=O) groups is 1. The summed E-state index contributed by atoms with van der Waals surface area (Å²) in [6, 6.07) is 20.3. The van der Waals surface area contributed by atoms with Gasteiger partial charge in [0.2, 0.25) is 5.88 Å². The van der Waals surface area contributed by atoms with E-state index in [2.05, 4.69) is 15.5 Å². The van der Waals surface area contributed by atoms with Gasteiger partial charge in [0.1, 0.15) is 5.75 Å². The Morgan fingerprint density at radius 3 is 2.52 bits per heavy atom. The van der Waals surface area contributed by atoms with E-state index in [1.54, 1.807) is 30.3 Å². The van der Waals surface area contributed by atoms with Gasteiger partial charge in [-0.3, -0.25) is 4.79 Å². The van der Waals surface area contributed by atoms with E-state index in [1.807, 2.05) is 50.2 Å². The molecule has 5 nitrogen and oxygen atoms in total. The van der Waals surface area contributed by atoms with E-state index in [-0.39, 0.29) is 11.9 Å². The second-order valence-electron chi connectivity index (χ2n) is 5.75. The third kappa shape index (κ3) is 4.41. The molecule has 5 heteroatoms. The van der Waals surface area contributed by atoms with Crippen LogP contribution < -0.4 is 10.1 Å². The molecule has 1 amide bonds. The lowest BCUT2D eigenvalue weighted by Gasteiger charge is -2.14. The average Bonchev–Trinajstić information content (AvgIpc) is 2.64. The zero-order valence-corrected chi connectivity index (χ0v) is 14.1. The summed E-state index contributed by atoms with van der Waals surface area (Å²) in [6.07, 6.45) is 0. The van der Waals surface area contributed by atoms with Crippen molar-refractivity contribution in [3.05, 3.63) is 83.6 Å². The first kappa shape index (κ1) is 16.6. The van der Waals surface area contributed by atoms with Gasteiger partial charge in [0.25, 0.3) is 5.91 Å². The minimum atomic E-state index is -0.156. The summed E-state index contributed by atoms with van der Waals surface area (Å²) in [4.78, 5) is 12.5. The summed E-state index contributed by atoms with van der Waals surface area (Å²) in [5.74, 6) is 0.774. The number of amides is 1. The smallest absolute Gasteiger partial charge is 0.251 e. The first-order chi connectivity index (χ1) is 12.1. The number of ether oxygens (including phenoxy) is 1. The molecule has 0 fully saturated rings. The third-order valence-electron chi connectivity index (χ3n) is 3.74. The maximum absolute atomic E-state index is 12.5. The van der Waals surface area contributed by atoms with Crippen LogP contribution in [0.1, 0.15) is 34.6 Å². The molecule has 0 saturated carbocycles. The van der Waals surface area contributed by atoms with E-state index in [1.165, 1.54) is 0 Å². The molecule has 0 spiro atoms. The lowest BCUT2D eigenvalue weighted by Crippen LogP contribution is -2.26. The zero-order chi connectivity index (χ0) is 17.6. The SMILES string of the molecule is Cc1ccc(Oc2cccc(C(=O)N[C@@H](C)c3ccccc3)c2)nn1. The molecule has 0 radical (unpaired) electrons. The molecule has 0 aliphatic rings. The van der Waals surface area contributed by atoms with Crippen LogP contribution in [-0.4, -0.2) is 16.1 Å². The van der Waals surface area contributed by atoms with Crippen molar-refractivity contribution in [1.29, 1.82) is 0 Å². The highest BCUT2D eigenvalue weighted by atomic mass is 16.5. The van der Waals surface area contributed by atoms with Gasteiger partial charge in [0, 0.05) is 11.6 Å². The van der Waals surface area contributed by atoms with E-state index in [0.29, 0.717) is 17.2 Å². The Morgan fingerprint density at radius 2 is 1.80 bits per heavy atom. The van der Waals surface area contributed by atoms with Crippen LogP contribution in [0.4, 0.5) is 0 Å². The summed E-state index contributed by atoms with van der Waals surface area (Å²) in [6.45, 7) is 3.81. The number of hydrogen-bond donors (Lipinski definition) is 1. The summed E-state index contributed by atoms with van der Waals surface area (Å²) < 4.78 is 5.66. The fraction of sp³-hybridized carbons (Fsp3) is 0.150. The molecule has 126 valence electrons. The summed E-state index contributed by atoms with van der Waals surface area (Å²) in [5, 5.41) is 10.9. The minimum absolute atomic E-state index is 0.0822. The zero-order valence-electron chi connectivity index (χ0n) is 14.1. The largest absolute Gasteiger partial charge is 0.438 e. The number of carbonyl (C=O) groups excluding carboxylic acids is 1. The third-order valence-corrected chi connectivity index (χ3v) is 3.74. The Morgan fingerprint density at radius 1 is 1.00 bits per heavy atom. The molecule has 0 unspecified atom stereocenters.